The molecule has 0 saturated heterocycles. The number of hydrogen-bond acceptors (Lipinski definition) is 9. The van der Waals surface area contributed by atoms with Crippen molar-refractivity contribution < 1.29 is 43.2 Å². The van der Waals surface area contributed by atoms with Gasteiger partial charge in [0.25, 0.3) is 0 Å². The molecule has 1 unspecified atom stereocenters. The number of phenols is 1. The van der Waals surface area contributed by atoms with Crippen LogP contribution in [-0.2, 0) is 48.0 Å². The maximum absolute atomic E-state index is 14.1. The van der Waals surface area contributed by atoms with Crippen LogP contribution in [0.4, 0.5) is 4.79 Å². The van der Waals surface area contributed by atoms with Gasteiger partial charge in [-0.2, -0.15) is 0 Å². The molecule has 5 rings (SSSR count). The number of hydrogen-bond donors (Lipinski definition) is 4. The first-order chi connectivity index (χ1) is 23.5. The van der Waals surface area contributed by atoms with Crippen molar-refractivity contribution in [3.63, 3.8) is 0 Å². The second kappa shape index (κ2) is 17.2. The van der Waals surface area contributed by atoms with E-state index < -0.39 is 53.7 Å². The summed E-state index contributed by atoms with van der Waals surface area (Å²) in [7, 11) is 1.21. The topological polar surface area (TPSA) is 162 Å². The highest BCUT2D eigenvalue weighted by Crippen LogP contribution is 2.42. The smallest absolute Gasteiger partial charge is 0.408 e. The molecule has 2 heterocycles. The summed E-state index contributed by atoms with van der Waals surface area (Å²) in [6.07, 6.45) is -1.84. The van der Waals surface area contributed by atoms with Crippen LogP contribution in [-0.4, -0.2) is 65.9 Å². The first kappa shape index (κ1) is 39.4. The van der Waals surface area contributed by atoms with Gasteiger partial charge in [-0.15, -0.1) is 0 Å². The van der Waals surface area contributed by atoms with Crippen LogP contribution in [0.3, 0.4) is 0 Å². The van der Waals surface area contributed by atoms with Crippen LogP contribution < -0.4 is 20.7 Å². The summed E-state index contributed by atoms with van der Waals surface area (Å²) in [4.78, 5) is 54.1. The number of phenolic OH excluding ortho intramolecular Hbond substituents is 1. The van der Waals surface area contributed by atoms with Crippen LogP contribution in [0.2, 0.25) is 0 Å². The third-order valence-electron chi connectivity index (χ3n) is 7.45. The van der Waals surface area contributed by atoms with Gasteiger partial charge in [-0.05, 0) is 123 Å². The molecule has 3 aromatic carbocycles. The van der Waals surface area contributed by atoms with Crippen molar-refractivity contribution in [1.82, 2.24) is 16.0 Å². The molecule has 0 aliphatic carbocycles. The molecule has 15 heteroatoms. The number of ether oxygens (including phenoxy) is 4. The maximum atomic E-state index is 14.1. The molecule has 4 atom stereocenters. The molecule has 0 spiro atoms. The predicted molar refractivity (Wildman–Crippen MR) is 200 cm³/mol. The zero-order valence-electron chi connectivity index (χ0n) is 28.0. The second-order valence-electron chi connectivity index (χ2n) is 12.6. The lowest BCUT2D eigenvalue weighted by Gasteiger charge is -2.29. The number of esters is 1. The predicted octanol–water partition coefficient (Wildman–Crippen LogP) is 6.05. The van der Waals surface area contributed by atoms with Crippen LogP contribution in [0.15, 0.2) is 63.5 Å². The Morgan fingerprint density at radius 2 is 1.66 bits per heavy atom. The number of carbonyl (C=O) groups is 4. The van der Waals surface area contributed by atoms with Crippen molar-refractivity contribution in [1.29, 1.82) is 0 Å². The standard InChI is InChI=1S/C35H38Br2IN3O9/c1-18(48-17-19-9-7-6-8-10-19)28-32(44)39-26(33(45)47-5)15-20-11-22(36)30(23(37)12-20)49-27-16-21(13-24(38)29(27)42)14-25(31(43)41-28)40-34(46)50-35(2,3)4/h6-13,16,18,25-26,28,42H,14-15,17H2,1-5H3,(H,39,44)(H,40,46)(H,41,43)/t18?,25-,26-,28-/m0/s1. The van der Waals surface area contributed by atoms with Gasteiger partial charge in [0.2, 0.25) is 11.8 Å². The van der Waals surface area contributed by atoms with Gasteiger partial charge in [0.05, 0.1) is 32.3 Å². The minimum absolute atomic E-state index is 0.0112. The molecule has 4 N–H and O–H groups in total. The van der Waals surface area contributed by atoms with Crippen molar-refractivity contribution in [2.24, 2.45) is 0 Å². The fraction of sp³-hybridized carbons (Fsp3) is 0.371. The van der Waals surface area contributed by atoms with E-state index in [0.717, 1.165) is 5.56 Å². The van der Waals surface area contributed by atoms with Gasteiger partial charge in [0, 0.05) is 12.8 Å². The Bertz CT molecular complexity index is 1710. The molecule has 2 aliphatic rings. The van der Waals surface area contributed by atoms with Crippen molar-refractivity contribution in [2.75, 3.05) is 7.11 Å². The number of amides is 3. The molecule has 12 nitrogen and oxygen atoms in total. The molecule has 0 aromatic heterocycles. The van der Waals surface area contributed by atoms with Crippen molar-refractivity contribution in [3.8, 4) is 17.2 Å². The van der Waals surface area contributed by atoms with Crippen LogP contribution in [0.25, 0.3) is 0 Å². The third kappa shape index (κ3) is 10.8. The van der Waals surface area contributed by atoms with Gasteiger partial charge in [-0.25, -0.2) is 9.59 Å². The van der Waals surface area contributed by atoms with E-state index in [-0.39, 0.29) is 30.9 Å². The van der Waals surface area contributed by atoms with E-state index in [1.165, 1.54) is 7.11 Å². The van der Waals surface area contributed by atoms with Crippen molar-refractivity contribution >= 4 is 78.3 Å². The number of fused-ring (bicyclic) bond motifs is 10. The van der Waals surface area contributed by atoms with Crippen LogP contribution >= 0.6 is 54.5 Å². The molecule has 3 amide bonds. The minimum atomic E-state index is -1.32. The fourth-order valence-electron chi connectivity index (χ4n) is 5.04. The summed E-state index contributed by atoms with van der Waals surface area (Å²) in [5.41, 5.74) is 1.12. The van der Waals surface area contributed by atoms with Gasteiger partial charge in [0.15, 0.2) is 17.2 Å². The lowest BCUT2D eigenvalue weighted by Crippen LogP contribution is -2.60. The summed E-state index contributed by atoms with van der Waals surface area (Å²) in [6, 6.07) is 12.2. The van der Waals surface area contributed by atoms with Crippen molar-refractivity contribution in [3.05, 3.63) is 83.8 Å². The van der Waals surface area contributed by atoms with Crippen LogP contribution in [0.1, 0.15) is 44.4 Å². The highest BCUT2D eigenvalue weighted by atomic mass is 127. The normalized spacial score (nSPS) is 18.9. The zero-order valence-corrected chi connectivity index (χ0v) is 33.3. The summed E-state index contributed by atoms with van der Waals surface area (Å²) >= 11 is 9.00. The average Bonchev–Trinajstić information content (AvgIpc) is 3.04. The highest BCUT2D eigenvalue weighted by molar-refractivity contribution is 14.1. The van der Waals surface area contributed by atoms with Gasteiger partial charge >= 0.3 is 12.1 Å². The van der Waals surface area contributed by atoms with E-state index in [2.05, 4.69) is 47.8 Å². The lowest BCUT2D eigenvalue weighted by molar-refractivity contribution is -0.146. The first-order valence-electron chi connectivity index (χ1n) is 15.6. The number of alkyl carbamates (subject to hydrolysis) is 1. The quantitative estimate of drug-likeness (QED) is 0.170. The van der Waals surface area contributed by atoms with Gasteiger partial charge in [-0.1, -0.05) is 30.3 Å². The number of nitrogens with one attached hydrogen (secondary N) is 3. The number of halogens is 3. The Balaban J connectivity index is 1.82. The minimum Gasteiger partial charge on any atom is -0.504 e. The molecule has 2 aliphatic heterocycles. The summed E-state index contributed by atoms with van der Waals surface area (Å²) < 4.78 is 24.1. The van der Waals surface area contributed by atoms with Crippen LogP contribution in [0.5, 0.6) is 17.2 Å². The average molecular weight is 931 g/mol. The number of methoxy groups -OCH3 is 1. The fourth-order valence-corrected chi connectivity index (χ4v) is 7.15. The Kier molecular flexibility index (Phi) is 13.5. The molecular weight excluding hydrogens is 893 g/mol. The maximum Gasteiger partial charge on any atom is 0.408 e. The van der Waals surface area contributed by atoms with E-state index in [4.69, 9.17) is 18.9 Å². The Labute approximate surface area is 320 Å². The van der Waals surface area contributed by atoms with Gasteiger partial charge in [0.1, 0.15) is 23.7 Å². The van der Waals surface area contributed by atoms with E-state index in [9.17, 15) is 24.3 Å². The highest BCUT2D eigenvalue weighted by Gasteiger charge is 2.35. The monoisotopic (exact) mass is 929 g/mol. The summed E-state index contributed by atoms with van der Waals surface area (Å²) in [5.74, 6) is -1.88. The van der Waals surface area contributed by atoms with Crippen molar-refractivity contribution in [2.45, 2.75) is 77.0 Å². The number of carbonyl (C=O) groups excluding carboxylic acids is 4. The Morgan fingerprint density at radius 3 is 2.28 bits per heavy atom. The molecule has 268 valence electrons. The third-order valence-corrected chi connectivity index (χ3v) is 9.45. The second-order valence-corrected chi connectivity index (χ2v) is 15.5. The molecule has 3 aromatic rings. The van der Waals surface area contributed by atoms with Gasteiger partial charge < -0.3 is 40.0 Å². The number of benzene rings is 3. The van der Waals surface area contributed by atoms with E-state index >= 15 is 0 Å². The van der Waals surface area contributed by atoms with Crippen LogP contribution in [0, 0.1) is 3.57 Å². The molecule has 0 fully saturated rings. The largest absolute Gasteiger partial charge is 0.504 e. The number of aromatic hydroxyl groups is 1. The Hall–Kier alpha value is -3.41. The lowest BCUT2D eigenvalue weighted by atomic mass is 10.0. The molecule has 0 radical (unpaired) electrons. The van der Waals surface area contributed by atoms with Gasteiger partial charge in [-0.3, -0.25) is 9.59 Å². The molecule has 4 bridgehead atoms. The Morgan fingerprint density at radius 1 is 1.02 bits per heavy atom. The van der Waals surface area contributed by atoms with E-state index in [1.54, 1.807) is 52.0 Å². The molecule has 50 heavy (non-hydrogen) atoms. The first-order valence-corrected chi connectivity index (χ1v) is 18.2. The summed E-state index contributed by atoms with van der Waals surface area (Å²) in [6.45, 7) is 6.81. The zero-order chi connectivity index (χ0) is 36.7. The molecule has 0 saturated carbocycles. The molecular formula is C35H38Br2IN3O9. The SMILES string of the molecule is COC(=O)[C@@H]1Cc2cc(Br)c(c(Br)c2)Oc2cc(cc(I)c2O)C[C@H](NC(=O)OC(C)(C)C)C(=O)N[C@@H](C(C)OCc2ccccc2)C(=O)N1. The summed E-state index contributed by atoms with van der Waals surface area (Å²) in [5, 5.41) is 19.0. The number of rotatable bonds is 6. The van der Waals surface area contributed by atoms with E-state index in [0.29, 0.717) is 29.4 Å². The van der Waals surface area contributed by atoms with E-state index in [1.807, 2.05) is 52.9 Å².